The molecular formula is C15H17N5OS. The third-order valence-corrected chi connectivity index (χ3v) is 3.67. The van der Waals surface area contributed by atoms with Crippen LogP contribution in [0, 0.1) is 11.3 Å². The first-order valence-corrected chi connectivity index (χ1v) is 7.73. The number of nitrogens with one attached hydrogen (secondary N) is 1. The second-order valence-corrected chi connectivity index (χ2v) is 5.61. The number of rotatable bonds is 5. The first-order valence-electron chi connectivity index (χ1n) is 6.96. The fourth-order valence-corrected chi connectivity index (χ4v) is 2.45. The molecule has 0 bridgehead atoms. The van der Waals surface area contributed by atoms with Crippen molar-refractivity contribution in [3.8, 4) is 6.07 Å². The molecule has 0 saturated heterocycles. The van der Waals surface area contributed by atoms with Crippen LogP contribution in [-0.4, -0.2) is 27.3 Å². The normalized spacial score (nSPS) is 10.0. The molecule has 6 nitrogen and oxygen atoms in total. The molecular weight excluding hydrogens is 298 g/mol. The van der Waals surface area contributed by atoms with E-state index >= 15 is 0 Å². The first-order chi connectivity index (χ1) is 10.6. The number of carbonyl (C=O) groups is 1. The Morgan fingerprint density at radius 1 is 1.41 bits per heavy atom. The van der Waals surface area contributed by atoms with E-state index in [1.54, 1.807) is 24.1 Å². The number of carbonyl (C=O) groups excluding carboxylic acids is 1. The fourth-order valence-electron chi connectivity index (χ4n) is 1.85. The van der Waals surface area contributed by atoms with Gasteiger partial charge in [-0.15, -0.1) is 0 Å². The van der Waals surface area contributed by atoms with Crippen LogP contribution < -0.4 is 5.32 Å². The van der Waals surface area contributed by atoms with Gasteiger partial charge >= 0.3 is 6.03 Å². The molecule has 0 unspecified atom stereocenters. The Morgan fingerprint density at radius 3 is 2.77 bits per heavy atom. The van der Waals surface area contributed by atoms with Crippen LogP contribution in [0.2, 0.25) is 0 Å². The number of aromatic nitrogens is 2. The van der Waals surface area contributed by atoms with Gasteiger partial charge in [-0.05, 0) is 24.1 Å². The van der Waals surface area contributed by atoms with Gasteiger partial charge in [0.15, 0.2) is 0 Å². The average Bonchev–Trinajstić information content (AvgIpc) is 2.95. The Bertz CT molecular complexity index is 674. The number of nitriles is 1. The monoisotopic (exact) mass is 315 g/mol. The van der Waals surface area contributed by atoms with E-state index < -0.39 is 0 Å². The van der Waals surface area contributed by atoms with Gasteiger partial charge < -0.3 is 4.90 Å². The molecule has 1 aromatic carbocycles. The van der Waals surface area contributed by atoms with Gasteiger partial charge in [0.05, 0.1) is 11.6 Å². The van der Waals surface area contributed by atoms with E-state index in [2.05, 4.69) is 27.7 Å². The summed E-state index contributed by atoms with van der Waals surface area (Å²) in [6.45, 7) is 2.52. The lowest BCUT2D eigenvalue weighted by atomic mass is 10.1. The maximum absolute atomic E-state index is 12.1. The molecule has 1 heterocycles. The molecule has 7 heteroatoms. The molecule has 0 aliphatic heterocycles. The topological polar surface area (TPSA) is 81.9 Å². The molecule has 114 valence electrons. The van der Waals surface area contributed by atoms with Gasteiger partial charge in [-0.3, -0.25) is 5.32 Å². The number of urea groups is 1. The van der Waals surface area contributed by atoms with Gasteiger partial charge in [0.25, 0.3) is 0 Å². The Morgan fingerprint density at radius 2 is 2.14 bits per heavy atom. The Hall–Kier alpha value is -2.46. The standard InChI is InChI=1S/C15H17N5OS/c1-3-4-13-17-14(22-19-13)18-15(21)20(2)10-12-7-5-11(9-16)6-8-12/h5-8H,3-4,10H2,1-2H3,(H,17,18,19,21). The van der Waals surface area contributed by atoms with E-state index in [4.69, 9.17) is 5.26 Å². The minimum Gasteiger partial charge on any atom is -0.323 e. The Labute approximate surface area is 133 Å². The van der Waals surface area contributed by atoms with Crippen molar-refractivity contribution in [2.24, 2.45) is 0 Å². The van der Waals surface area contributed by atoms with Crippen LogP contribution in [-0.2, 0) is 13.0 Å². The van der Waals surface area contributed by atoms with Crippen molar-refractivity contribution < 1.29 is 4.79 Å². The van der Waals surface area contributed by atoms with Gasteiger partial charge in [-0.2, -0.15) is 9.64 Å². The molecule has 0 fully saturated rings. The maximum atomic E-state index is 12.1. The van der Waals surface area contributed by atoms with Crippen LogP contribution >= 0.6 is 11.5 Å². The zero-order valence-corrected chi connectivity index (χ0v) is 13.4. The number of aryl methyl sites for hydroxylation is 1. The third kappa shape index (κ3) is 4.27. The van der Waals surface area contributed by atoms with Crippen LogP contribution in [0.4, 0.5) is 9.93 Å². The highest BCUT2D eigenvalue weighted by molar-refractivity contribution is 7.09. The van der Waals surface area contributed by atoms with E-state index in [-0.39, 0.29) is 6.03 Å². The molecule has 2 aromatic rings. The third-order valence-electron chi connectivity index (χ3n) is 3.01. The predicted octanol–water partition coefficient (Wildman–Crippen LogP) is 3.03. The molecule has 1 aromatic heterocycles. The van der Waals surface area contributed by atoms with Crippen molar-refractivity contribution in [3.05, 3.63) is 41.2 Å². The lowest BCUT2D eigenvalue weighted by molar-refractivity contribution is 0.220. The summed E-state index contributed by atoms with van der Waals surface area (Å²) in [5.41, 5.74) is 1.56. The smallest absolute Gasteiger partial charge is 0.323 e. The number of nitrogens with zero attached hydrogens (tertiary/aromatic N) is 4. The molecule has 0 spiro atoms. The van der Waals surface area contributed by atoms with Crippen LogP contribution in [0.15, 0.2) is 24.3 Å². The summed E-state index contributed by atoms with van der Waals surface area (Å²) in [4.78, 5) is 17.9. The molecule has 0 aliphatic rings. The van der Waals surface area contributed by atoms with Crippen LogP contribution in [0.5, 0.6) is 0 Å². The van der Waals surface area contributed by atoms with Gasteiger partial charge in [0, 0.05) is 31.5 Å². The number of benzene rings is 1. The minimum atomic E-state index is -0.233. The van der Waals surface area contributed by atoms with Crippen molar-refractivity contribution in [2.45, 2.75) is 26.3 Å². The van der Waals surface area contributed by atoms with Crippen molar-refractivity contribution in [1.82, 2.24) is 14.3 Å². The maximum Gasteiger partial charge on any atom is 0.323 e. The van der Waals surface area contributed by atoms with Crippen LogP contribution in [0.3, 0.4) is 0 Å². The molecule has 0 radical (unpaired) electrons. The summed E-state index contributed by atoms with van der Waals surface area (Å²) in [5, 5.41) is 12.0. The van der Waals surface area contributed by atoms with Crippen LogP contribution in [0.25, 0.3) is 0 Å². The summed E-state index contributed by atoms with van der Waals surface area (Å²) in [6.07, 6.45) is 1.79. The minimum absolute atomic E-state index is 0.233. The van der Waals surface area contributed by atoms with E-state index in [0.717, 1.165) is 24.2 Å². The average molecular weight is 315 g/mol. The highest BCUT2D eigenvalue weighted by Gasteiger charge is 2.12. The van der Waals surface area contributed by atoms with E-state index in [1.165, 1.54) is 11.5 Å². The lowest BCUT2D eigenvalue weighted by Gasteiger charge is -2.16. The summed E-state index contributed by atoms with van der Waals surface area (Å²) < 4.78 is 4.19. The van der Waals surface area contributed by atoms with Crippen molar-refractivity contribution >= 4 is 22.7 Å². The molecule has 22 heavy (non-hydrogen) atoms. The second kappa shape index (κ2) is 7.52. The summed E-state index contributed by atoms with van der Waals surface area (Å²) >= 11 is 1.19. The van der Waals surface area contributed by atoms with E-state index in [0.29, 0.717) is 17.2 Å². The number of hydrogen-bond acceptors (Lipinski definition) is 5. The number of amides is 2. The van der Waals surface area contributed by atoms with Crippen molar-refractivity contribution in [2.75, 3.05) is 12.4 Å². The summed E-state index contributed by atoms with van der Waals surface area (Å²) in [6, 6.07) is 8.99. The molecule has 0 aliphatic carbocycles. The van der Waals surface area contributed by atoms with Crippen molar-refractivity contribution in [1.29, 1.82) is 5.26 Å². The second-order valence-electron chi connectivity index (χ2n) is 4.86. The number of anilines is 1. The fraction of sp³-hybridized carbons (Fsp3) is 0.333. The van der Waals surface area contributed by atoms with Crippen molar-refractivity contribution in [3.63, 3.8) is 0 Å². The van der Waals surface area contributed by atoms with E-state index in [1.807, 2.05) is 12.1 Å². The lowest BCUT2D eigenvalue weighted by Crippen LogP contribution is -2.30. The molecule has 0 saturated carbocycles. The van der Waals surface area contributed by atoms with Gasteiger partial charge in [0.2, 0.25) is 5.13 Å². The highest BCUT2D eigenvalue weighted by Crippen LogP contribution is 2.13. The predicted molar refractivity (Wildman–Crippen MR) is 85.5 cm³/mol. The molecule has 2 amide bonds. The zero-order valence-electron chi connectivity index (χ0n) is 12.5. The summed E-state index contributed by atoms with van der Waals surface area (Å²) in [7, 11) is 1.71. The Balaban J connectivity index is 1.91. The SMILES string of the molecule is CCCc1nsc(NC(=O)N(C)Cc2ccc(C#N)cc2)n1. The first kappa shape index (κ1) is 15.9. The molecule has 2 rings (SSSR count). The molecule has 1 N–H and O–H groups in total. The zero-order chi connectivity index (χ0) is 15.9. The van der Waals surface area contributed by atoms with Gasteiger partial charge in [0.1, 0.15) is 5.82 Å². The molecule has 0 atom stereocenters. The van der Waals surface area contributed by atoms with Gasteiger partial charge in [-0.25, -0.2) is 9.78 Å². The largest absolute Gasteiger partial charge is 0.323 e. The van der Waals surface area contributed by atoms with Gasteiger partial charge in [-0.1, -0.05) is 19.1 Å². The number of hydrogen-bond donors (Lipinski definition) is 1. The van der Waals surface area contributed by atoms with Crippen LogP contribution in [0.1, 0.15) is 30.3 Å². The Kier molecular flexibility index (Phi) is 5.44. The van der Waals surface area contributed by atoms with E-state index in [9.17, 15) is 4.79 Å². The highest BCUT2D eigenvalue weighted by atomic mass is 32.1. The quantitative estimate of drug-likeness (QED) is 0.919. The summed E-state index contributed by atoms with van der Waals surface area (Å²) in [5.74, 6) is 0.762.